The van der Waals surface area contributed by atoms with Gasteiger partial charge >= 0.3 is 0 Å². The van der Waals surface area contributed by atoms with Crippen molar-refractivity contribution in [2.45, 2.75) is 94.8 Å². The van der Waals surface area contributed by atoms with Crippen LogP contribution in [0.1, 0.15) is 76.3 Å². The Kier molecular flexibility index (Phi) is 5.19. The lowest BCUT2D eigenvalue weighted by Gasteiger charge is -2.61. The zero-order valence-electron chi connectivity index (χ0n) is 18.7. The third-order valence-electron chi connectivity index (χ3n) is 9.16. The predicted molar refractivity (Wildman–Crippen MR) is 119 cm³/mol. The normalized spacial score (nSPS) is 39.7. The summed E-state index contributed by atoms with van der Waals surface area (Å²) >= 11 is 0. The molecule has 0 spiro atoms. The molecule has 1 aliphatic heterocycles. The van der Waals surface area contributed by atoms with E-state index in [0.717, 1.165) is 56.7 Å². The summed E-state index contributed by atoms with van der Waals surface area (Å²) in [5.74, 6) is 1.79. The first kappa shape index (κ1) is 20.8. The molecule has 5 rings (SSSR count). The van der Waals surface area contributed by atoms with E-state index in [1.54, 1.807) is 6.07 Å². The molecule has 4 heteroatoms. The minimum atomic E-state index is -0.837. The van der Waals surface area contributed by atoms with Crippen molar-refractivity contribution < 1.29 is 15.3 Å². The van der Waals surface area contributed by atoms with Crippen molar-refractivity contribution in [3.63, 3.8) is 0 Å². The van der Waals surface area contributed by atoms with Crippen LogP contribution in [0.15, 0.2) is 18.2 Å². The van der Waals surface area contributed by atoms with Gasteiger partial charge in [-0.3, -0.25) is 4.90 Å². The van der Waals surface area contributed by atoms with Gasteiger partial charge in [0.2, 0.25) is 0 Å². The molecule has 1 aromatic carbocycles. The Labute approximate surface area is 181 Å². The molecule has 2 saturated carbocycles. The summed E-state index contributed by atoms with van der Waals surface area (Å²) in [5.41, 5.74) is 1.08. The fourth-order valence-electron chi connectivity index (χ4n) is 7.19. The number of fused-ring (bicyclic) bond motifs is 1. The maximum Gasteiger partial charge on any atom is 0.115 e. The number of aromatic hydroxyl groups is 1. The van der Waals surface area contributed by atoms with Crippen LogP contribution in [0.5, 0.6) is 5.75 Å². The number of hydrogen-bond donors (Lipinski definition) is 3. The van der Waals surface area contributed by atoms with E-state index in [-0.39, 0.29) is 23.8 Å². The van der Waals surface area contributed by atoms with Crippen molar-refractivity contribution in [3.8, 4) is 5.75 Å². The molecule has 3 N–H and O–H groups in total. The SMILES string of the molecule is CCC(C)CC1CC2(O)C3Cc4ccc(O)cc4C2(CCCN3CC2CC2)CC1O. The molecule has 30 heavy (non-hydrogen) atoms. The molecule has 3 aliphatic carbocycles. The van der Waals surface area contributed by atoms with Crippen LogP contribution in [0.3, 0.4) is 0 Å². The highest BCUT2D eigenvalue weighted by molar-refractivity contribution is 5.48. The van der Waals surface area contributed by atoms with Gasteiger partial charge in [-0.1, -0.05) is 26.3 Å². The maximum absolute atomic E-state index is 12.6. The van der Waals surface area contributed by atoms with E-state index in [1.165, 1.54) is 18.4 Å². The highest BCUT2D eigenvalue weighted by Gasteiger charge is 2.65. The lowest BCUT2D eigenvalue weighted by molar-refractivity contribution is -0.168. The van der Waals surface area contributed by atoms with Crippen molar-refractivity contribution in [2.24, 2.45) is 17.8 Å². The Hall–Kier alpha value is -1.10. The van der Waals surface area contributed by atoms with Crippen molar-refractivity contribution >= 4 is 0 Å². The average Bonchev–Trinajstić information content (AvgIpc) is 3.53. The number of likely N-dealkylation sites (tertiary alicyclic amines) is 1. The molecule has 2 bridgehead atoms. The largest absolute Gasteiger partial charge is 0.508 e. The Morgan fingerprint density at radius 1 is 1.23 bits per heavy atom. The van der Waals surface area contributed by atoms with Crippen molar-refractivity contribution in [1.29, 1.82) is 0 Å². The highest BCUT2D eigenvalue weighted by Crippen LogP contribution is 2.60. The standard InChI is InChI=1S/C26H39NO3/c1-3-17(2)11-20-14-26(30)24-12-19-7-8-21(28)13-22(19)25(26,15-23(20)29)9-4-10-27(24)16-18-5-6-18/h7-8,13,17-18,20,23-24,28-30H,3-6,9-12,14-16H2,1-2H3. The number of phenolic OH excluding ortho intramolecular Hbond substituents is 1. The summed E-state index contributed by atoms with van der Waals surface area (Å²) in [5, 5.41) is 34.2. The van der Waals surface area contributed by atoms with Crippen LogP contribution in [-0.2, 0) is 11.8 Å². The van der Waals surface area contributed by atoms with E-state index in [4.69, 9.17) is 0 Å². The summed E-state index contributed by atoms with van der Waals surface area (Å²) in [7, 11) is 0. The molecule has 4 nitrogen and oxygen atoms in total. The predicted octanol–water partition coefficient (Wildman–Crippen LogP) is 4.00. The topological polar surface area (TPSA) is 63.9 Å². The summed E-state index contributed by atoms with van der Waals surface area (Å²) < 4.78 is 0. The number of phenols is 1. The zero-order chi connectivity index (χ0) is 21.1. The van der Waals surface area contributed by atoms with Crippen molar-refractivity contribution in [3.05, 3.63) is 29.3 Å². The first-order chi connectivity index (χ1) is 14.4. The Morgan fingerprint density at radius 3 is 2.77 bits per heavy atom. The maximum atomic E-state index is 12.6. The molecule has 3 fully saturated rings. The van der Waals surface area contributed by atoms with Gasteiger partial charge in [-0.25, -0.2) is 0 Å². The first-order valence-corrected chi connectivity index (χ1v) is 12.3. The fraction of sp³-hybridized carbons (Fsp3) is 0.769. The lowest BCUT2D eigenvalue weighted by Crippen LogP contribution is -2.70. The summed E-state index contributed by atoms with van der Waals surface area (Å²) in [6.45, 7) is 6.63. The molecule has 166 valence electrons. The monoisotopic (exact) mass is 413 g/mol. The molecule has 6 unspecified atom stereocenters. The van der Waals surface area contributed by atoms with Gasteiger partial charge in [-0.05, 0) is 98.9 Å². The smallest absolute Gasteiger partial charge is 0.115 e. The number of hydrogen-bond acceptors (Lipinski definition) is 4. The van der Waals surface area contributed by atoms with Crippen LogP contribution in [0.2, 0.25) is 0 Å². The number of benzene rings is 1. The Bertz CT molecular complexity index is 792. The number of aliphatic hydroxyl groups excluding tert-OH is 1. The quantitative estimate of drug-likeness (QED) is 0.683. The number of rotatable bonds is 5. The molecular weight excluding hydrogens is 374 g/mol. The van der Waals surface area contributed by atoms with Crippen LogP contribution in [0, 0.1) is 17.8 Å². The molecule has 0 radical (unpaired) electrons. The Morgan fingerprint density at radius 2 is 2.03 bits per heavy atom. The molecule has 1 heterocycles. The first-order valence-electron chi connectivity index (χ1n) is 12.3. The second-order valence-corrected chi connectivity index (χ2v) is 11.1. The minimum absolute atomic E-state index is 0.115. The third-order valence-corrected chi connectivity index (χ3v) is 9.16. The van der Waals surface area contributed by atoms with Gasteiger partial charge in [0.25, 0.3) is 0 Å². The van der Waals surface area contributed by atoms with Crippen molar-refractivity contribution in [1.82, 2.24) is 4.90 Å². The molecule has 0 amide bonds. The minimum Gasteiger partial charge on any atom is -0.508 e. The zero-order valence-corrected chi connectivity index (χ0v) is 18.7. The molecule has 1 aromatic rings. The van der Waals surface area contributed by atoms with Gasteiger partial charge in [-0.2, -0.15) is 0 Å². The Balaban J connectivity index is 1.60. The van der Waals surface area contributed by atoms with E-state index in [0.29, 0.717) is 18.8 Å². The number of aliphatic hydroxyl groups is 2. The van der Waals surface area contributed by atoms with Crippen molar-refractivity contribution in [2.75, 3.05) is 13.1 Å². The van der Waals surface area contributed by atoms with E-state index in [1.807, 2.05) is 6.07 Å². The third kappa shape index (κ3) is 3.22. The van der Waals surface area contributed by atoms with Gasteiger partial charge in [-0.15, -0.1) is 0 Å². The lowest BCUT2D eigenvalue weighted by atomic mass is 9.49. The van der Waals surface area contributed by atoms with Gasteiger partial charge in [0.05, 0.1) is 11.7 Å². The van der Waals surface area contributed by atoms with Crippen LogP contribution >= 0.6 is 0 Å². The molecule has 0 aromatic heterocycles. The van der Waals surface area contributed by atoms with E-state index in [2.05, 4.69) is 24.8 Å². The van der Waals surface area contributed by atoms with E-state index < -0.39 is 11.0 Å². The summed E-state index contributed by atoms with van der Waals surface area (Å²) in [4.78, 5) is 2.60. The van der Waals surface area contributed by atoms with Gasteiger partial charge in [0, 0.05) is 18.0 Å². The van der Waals surface area contributed by atoms with E-state index >= 15 is 0 Å². The van der Waals surface area contributed by atoms with Crippen LogP contribution < -0.4 is 0 Å². The van der Waals surface area contributed by atoms with E-state index in [9.17, 15) is 15.3 Å². The van der Waals surface area contributed by atoms with Crippen LogP contribution in [0.25, 0.3) is 0 Å². The molecular formula is C26H39NO3. The molecule has 4 aliphatic rings. The summed E-state index contributed by atoms with van der Waals surface area (Å²) in [6, 6.07) is 5.87. The summed E-state index contributed by atoms with van der Waals surface area (Å²) in [6.07, 6.45) is 8.45. The van der Waals surface area contributed by atoms with Gasteiger partial charge < -0.3 is 15.3 Å². The van der Waals surface area contributed by atoms with Gasteiger partial charge in [0.15, 0.2) is 0 Å². The molecule has 6 atom stereocenters. The number of nitrogens with zero attached hydrogens (tertiary/aromatic N) is 1. The van der Waals surface area contributed by atoms with Crippen LogP contribution in [0.4, 0.5) is 0 Å². The second-order valence-electron chi connectivity index (χ2n) is 11.1. The molecule has 1 saturated heterocycles. The van der Waals surface area contributed by atoms with Crippen LogP contribution in [-0.4, -0.2) is 51.1 Å². The highest BCUT2D eigenvalue weighted by atomic mass is 16.3. The van der Waals surface area contributed by atoms with Gasteiger partial charge in [0.1, 0.15) is 5.75 Å². The average molecular weight is 414 g/mol. The second kappa shape index (κ2) is 7.50. The fourth-order valence-corrected chi connectivity index (χ4v) is 7.19.